The average Bonchev–Trinajstić information content (AvgIpc) is 2.78. The van der Waals surface area contributed by atoms with Crippen molar-refractivity contribution in [3.63, 3.8) is 0 Å². The molecule has 3 rings (SSSR count). The summed E-state index contributed by atoms with van der Waals surface area (Å²) in [5, 5.41) is 18.9. The van der Waals surface area contributed by atoms with Crippen molar-refractivity contribution in [2.75, 3.05) is 19.6 Å². The Morgan fingerprint density at radius 2 is 1.95 bits per heavy atom. The van der Waals surface area contributed by atoms with Gasteiger partial charge in [0.2, 0.25) is 5.91 Å². The van der Waals surface area contributed by atoms with Gasteiger partial charge in [-0.25, -0.2) is 0 Å². The van der Waals surface area contributed by atoms with Crippen molar-refractivity contribution in [1.29, 1.82) is 0 Å². The molecule has 2 heterocycles. The SMILES string of the molecule is CCN1CCC2CCC(C1)N2C(=O)Cc1ccc(O)c(O)c1. The maximum absolute atomic E-state index is 12.7. The van der Waals surface area contributed by atoms with E-state index in [0.717, 1.165) is 44.5 Å². The molecule has 1 aromatic carbocycles. The van der Waals surface area contributed by atoms with Gasteiger partial charge in [-0.3, -0.25) is 4.79 Å². The highest BCUT2D eigenvalue weighted by molar-refractivity contribution is 5.80. The molecule has 0 aromatic heterocycles. The summed E-state index contributed by atoms with van der Waals surface area (Å²) < 4.78 is 0. The third kappa shape index (κ3) is 2.90. The van der Waals surface area contributed by atoms with Crippen LogP contribution in [0.4, 0.5) is 0 Å². The first-order valence-electron chi connectivity index (χ1n) is 8.13. The highest BCUT2D eigenvalue weighted by Crippen LogP contribution is 2.31. The molecule has 2 aliphatic heterocycles. The third-order valence-corrected chi connectivity index (χ3v) is 5.00. The molecule has 2 aliphatic rings. The second-order valence-electron chi connectivity index (χ2n) is 6.37. The summed E-state index contributed by atoms with van der Waals surface area (Å²) in [5.41, 5.74) is 0.747. The van der Waals surface area contributed by atoms with Gasteiger partial charge in [0, 0.05) is 25.2 Å². The molecule has 0 radical (unpaired) electrons. The number of hydrogen-bond donors (Lipinski definition) is 2. The van der Waals surface area contributed by atoms with Crippen molar-refractivity contribution < 1.29 is 15.0 Å². The predicted octanol–water partition coefficient (Wildman–Crippen LogP) is 1.73. The second kappa shape index (κ2) is 6.16. The molecule has 1 amide bonds. The topological polar surface area (TPSA) is 64.0 Å². The Hall–Kier alpha value is -1.75. The molecule has 2 unspecified atom stereocenters. The fourth-order valence-electron chi connectivity index (χ4n) is 3.78. The summed E-state index contributed by atoms with van der Waals surface area (Å²) in [6.45, 7) is 5.25. The van der Waals surface area contributed by atoms with Gasteiger partial charge in [0.25, 0.3) is 0 Å². The van der Waals surface area contributed by atoms with Crippen molar-refractivity contribution in [1.82, 2.24) is 9.80 Å². The summed E-state index contributed by atoms with van der Waals surface area (Å²) in [6, 6.07) is 5.30. The van der Waals surface area contributed by atoms with Gasteiger partial charge >= 0.3 is 0 Å². The van der Waals surface area contributed by atoms with E-state index in [-0.39, 0.29) is 23.8 Å². The zero-order chi connectivity index (χ0) is 15.7. The van der Waals surface area contributed by atoms with Gasteiger partial charge in [0.15, 0.2) is 11.5 Å². The zero-order valence-corrected chi connectivity index (χ0v) is 13.0. The summed E-state index contributed by atoms with van der Waals surface area (Å²) >= 11 is 0. The lowest BCUT2D eigenvalue weighted by molar-refractivity contribution is -0.133. The van der Waals surface area contributed by atoms with Crippen molar-refractivity contribution in [2.24, 2.45) is 0 Å². The number of phenolic OH excluding ortho intramolecular Hbond substituents is 2. The molecule has 1 aromatic rings. The highest BCUT2D eigenvalue weighted by atomic mass is 16.3. The van der Waals surface area contributed by atoms with Crippen LogP contribution < -0.4 is 0 Å². The largest absolute Gasteiger partial charge is 0.504 e. The number of fused-ring (bicyclic) bond motifs is 2. The van der Waals surface area contributed by atoms with Crippen LogP contribution >= 0.6 is 0 Å². The molecule has 2 N–H and O–H groups in total. The maximum Gasteiger partial charge on any atom is 0.227 e. The lowest BCUT2D eigenvalue weighted by Gasteiger charge is -2.29. The molecule has 2 saturated heterocycles. The van der Waals surface area contributed by atoms with Crippen LogP contribution in [0.5, 0.6) is 11.5 Å². The van der Waals surface area contributed by atoms with Crippen LogP contribution in [0, 0.1) is 0 Å². The molecule has 2 atom stereocenters. The normalized spacial score (nSPS) is 25.2. The molecule has 2 fully saturated rings. The third-order valence-electron chi connectivity index (χ3n) is 5.00. The van der Waals surface area contributed by atoms with E-state index in [0.29, 0.717) is 12.1 Å². The van der Waals surface area contributed by atoms with Crippen molar-refractivity contribution in [3.8, 4) is 11.5 Å². The molecule has 120 valence electrons. The summed E-state index contributed by atoms with van der Waals surface area (Å²) in [7, 11) is 0. The van der Waals surface area contributed by atoms with Crippen LogP contribution in [0.3, 0.4) is 0 Å². The molecule has 0 aliphatic carbocycles. The van der Waals surface area contributed by atoms with E-state index in [1.807, 2.05) is 0 Å². The number of carbonyl (C=O) groups excluding carboxylic acids is 1. The number of nitrogens with zero attached hydrogens (tertiary/aromatic N) is 2. The van der Waals surface area contributed by atoms with Gasteiger partial charge in [-0.05, 0) is 43.5 Å². The van der Waals surface area contributed by atoms with Crippen molar-refractivity contribution in [3.05, 3.63) is 23.8 Å². The maximum atomic E-state index is 12.7. The molecule has 5 nitrogen and oxygen atoms in total. The number of benzene rings is 1. The Morgan fingerprint density at radius 1 is 1.18 bits per heavy atom. The Balaban J connectivity index is 1.72. The number of phenols is 2. The second-order valence-corrected chi connectivity index (χ2v) is 6.37. The molecular weight excluding hydrogens is 280 g/mol. The van der Waals surface area contributed by atoms with E-state index in [1.165, 1.54) is 12.1 Å². The molecule has 2 bridgehead atoms. The Kier molecular flexibility index (Phi) is 4.25. The van der Waals surface area contributed by atoms with Crippen LogP contribution in [0.25, 0.3) is 0 Å². The quantitative estimate of drug-likeness (QED) is 0.835. The van der Waals surface area contributed by atoms with Gasteiger partial charge in [-0.1, -0.05) is 13.0 Å². The number of carbonyl (C=O) groups is 1. The smallest absolute Gasteiger partial charge is 0.227 e. The first-order chi connectivity index (χ1) is 10.6. The Bertz CT molecular complexity index is 561. The van der Waals surface area contributed by atoms with Crippen LogP contribution in [0.1, 0.15) is 31.7 Å². The van der Waals surface area contributed by atoms with E-state index in [1.54, 1.807) is 6.07 Å². The monoisotopic (exact) mass is 304 g/mol. The first kappa shape index (κ1) is 15.2. The predicted molar refractivity (Wildman–Crippen MR) is 83.9 cm³/mol. The minimum atomic E-state index is -0.165. The van der Waals surface area contributed by atoms with Gasteiger partial charge in [0.05, 0.1) is 6.42 Å². The number of hydrogen-bond acceptors (Lipinski definition) is 4. The van der Waals surface area contributed by atoms with Gasteiger partial charge in [-0.15, -0.1) is 0 Å². The van der Waals surface area contributed by atoms with Crippen molar-refractivity contribution >= 4 is 5.91 Å². The molecule has 22 heavy (non-hydrogen) atoms. The van der Waals surface area contributed by atoms with Crippen LogP contribution in [-0.2, 0) is 11.2 Å². The summed E-state index contributed by atoms with van der Waals surface area (Å²) in [4.78, 5) is 17.2. The van der Waals surface area contributed by atoms with Gasteiger partial charge in [0.1, 0.15) is 0 Å². The number of amides is 1. The van der Waals surface area contributed by atoms with Crippen LogP contribution in [-0.4, -0.2) is 57.6 Å². The van der Waals surface area contributed by atoms with Crippen molar-refractivity contribution in [2.45, 2.75) is 44.7 Å². The lowest BCUT2D eigenvalue weighted by atomic mass is 10.1. The fraction of sp³-hybridized carbons (Fsp3) is 0.588. The zero-order valence-electron chi connectivity index (χ0n) is 13.0. The van der Waals surface area contributed by atoms with E-state index < -0.39 is 0 Å². The van der Waals surface area contributed by atoms with Crippen LogP contribution in [0.15, 0.2) is 18.2 Å². The summed E-state index contributed by atoms with van der Waals surface area (Å²) in [6.07, 6.45) is 3.53. The fourth-order valence-corrected chi connectivity index (χ4v) is 3.78. The molecule has 5 heteroatoms. The Morgan fingerprint density at radius 3 is 2.68 bits per heavy atom. The van der Waals surface area contributed by atoms with Gasteiger partial charge in [-0.2, -0.15) is 0 Å². The molecule has 0 spiro atoms. The number of aromatic hydroxyl groups is 2. The molecule has 0 saturated carbocycles. The van der Waals surface area contributed by atoms with E-state index in [2.05, 4.69) is 16.7 Å². The van der Waals surface area contributed by atoms with Crippen LogP contribution in [0.2, 0.25) is 0 Å². The highest BCUT2D eigenvalue weighted by Gasteiger charge is 2.39. The van der Waals surface area contributed by atoms with E-state index in [4.69, 9.17) is 0 Å². The summed E-state index contributed by atoms with van der Waals surface area (Å²) in [5.74, 6) is -0.179. The first-order valence-corrected chi connectivity index (χ1v) is 8.13. The minimum Gasteiger partial charge on any atom is -0.504 e. The lowest BCUT2D eigenvalue weighted by Crippen LogP contribution is -2.43. The standard InChI is InChI=1S/C17H24N2O3/c1-2-18-8-7-13-4-5-14(11-18)19(13)17(22)10-12-3-6-15(20)16(21)9-12/h3,6,9,13-14,20-21H,2,4-5,7-8,10-11H2,1H3. The minimum absolute atomic E-state index is 0.135. The Labute approximate surface area is 131 Å². The number of likely N-dealkylation sites (N-methyl/N-ethyl adjacent to an activating group) is 1. The van der Waals surface area contributed by atoms with E-state index in [9.17, 15) is 15.0 Å². The van der Waals surface area contributed by atoms with E-state index >= 15 is 0 Å². The van der Waals surface area contributed by atoms with Gasteiger partial charge < -0.3 is 20.0 Å². The number of rotatable bonds is 3. The number of likely N-dealkylation sites (tertiary alicyclic amines) is 1. The average molecular weight is 304 g/mol. The molecular formula is C17H24N2O3.